The Hall–Kier alpha value is -0.600. The van der Waals surface area contributed by atoms with Gasteiger partial charge in [0.1, 0.15) is 6.10 Å². The van der Waals surface area contributed by atoms with Crippen molar-refractivity contribution in [3.63, 3.8) is 0 Å². The molecule has 2 heteroatoms. The van der Waals surface area contributed by atoms with Crippen LogP contribution in [0.25, 0.3) is 0 Å². The second-order valence-corrected chi connectivity index (χ2v) is 8.42. The molecule has 124 valence electrons. The molecule has 0 saturated heterocycles. The Bertz CT molecular complexity index is 492. The first kappa shape index (κ1) is 16.3. The van der Waals surface area contributed by atoms with Crippen LogP contribution in [0.3, 0.4) is 0 Å². The van der Waals surface area contributed by atoms with Gasteiger partial charge in [0.2, 0.25) is 0 Å². The van der Waals surface area contributed by atoms with Crippen LogP contribution >= 0.6 is 0 Å². The maximum absolute atomic E-state index is 10.8. The van der Waals surface area contributed by atoms with E-state index in [2.05, 4.69) is 27.4 Å². The summed E-state index contributed by atoms with van der Waals surface area (Å²) in [4.78, 5) is 0. The van der Waals surface area contributed by atoms with Crippen LogP contribution in [0, 0.1) is 23.2 Å². The van der Waals surface area contributed by atoms with Gasteiger partial charge >= 0.3 is 0 Å². The van der Waals surface area contributed by atoms with Crippen molar-refractivity contribution in [2.75, 3.05) is 0 Å². The highest BCUT2D eigenvalue weighted by Gasteiger charge is 2.56. The lowest BCUT2D eigenvalue weighted by molar-refractivity contribution is -0.0700. The van der Waals surface area contributed by atoms with Gasteiger partial charge < -0.3 is 10.2 Å². The van der Waals surface area contributed by atoms with Gasteiger partial charge in [0.15, 0.2) is 0 Å². The quantitative estimate of drug-likeness (QED) is 0.658. The molecule has 3 aliphatic carbocycles. The zero-order chi connectivity index (χ0) is 16.1. The minimum Gasteiger partial charge on any atom is -0.389 e. The summed E-state index contributed by atoms with van der Waals surface area (Å²) >= 11 is 0. The Labute approximate surface area is 135 Å². The van der Waals surface area contributed by atoms with E-state index in [-0.39, 0.29) is 5.41 Å². The molecule has 0 amide bonds. The number of aliphatic hydroxyl groups excluding tert-OH is 2. The first-order chi connectivity index (χ1) is 10.4. The molecule has 2 bridgehead atoms. The molecule has 0 heterocycles. The molecule has 0 aliphatic heterocycles. The molecule has 2 nitrogen and oxygen atoms in total. The van der Waals surface area contributed by atoms with Gasteiger partial charge in [-0.3, -0.25) is 0 Å². The van der Waals surface area contributed by atoms with E-state index < -0.39 is 12.2 Å². The summed E-state index contributed by atoms with van der Waals surface area (Å²) in [6, 6.07) is 0. The van der Waals surface area contributed by atoms with E-state index in [4.69, 9.17) is 0 Å². The van der Waals surface area contributed by atoms with E-state index in [0.717, 1.165) is 37.7 Å². The molecule has 0 aromatic carbocycles. The van der Waals surface area contributed by atoms with E-state index in [0.29, 0.717) is 17.8 Å². The predicted octanol–water partition coefficient (Wildman–Crippen LogP) is 4.23. The Morgan fingerprint density at radius 1 is 1.14 bits per heavy atom. The van der Waals surface area contributed by atoms with Gasteiger partial charge in [-0.2, -0.15) is 0 Å². The Kier molecular flexibility index (Phi) is 4.28. The minimum absolute atomic E-state index is 0.180. The lowest BCUT2D eigenvalue weighted by Crippen LogP contribution is -2.50. The average molecular weight is 304 g/mol. The lowest BCUT2D eigenvalue weighted by atomic mass is 9.61. The third kappa shape index (κ3) is 2.39. The Morgan fingerprint density at radius 3 is 2.59 bits per heavy atom. The number of hydrogen-bond acceptors (Lipinski definition) is 2. The molecule has 0 spiro atoms. The van der Waals surface area contributed by atoms with E-state index >= 15 is 0 Å². The van der Waals surface area contributed by atoms with Gasteiger partial charge in [0.05, 0.1) is 6.10 Å². The van der Waals surface area contributed by atoms with Crippen molar-refractivity contribution in [2.24, 2.45) is 23.2 Å². The zero-order valence-electron chi connectivity index (χ0n) is 14.4. The monoisotopic (exact) mass is 304 g/mol. The van der Waals surface area contributed by atoms with Gasteiger partial charge in [-0.25, -0.2) is 0 Å². The minimum atomic E-state index is -0.666. The highest BCUT2D eigenvalue weighted by molar-refractivity contribution is 5.33. The van der Waals surface area contributed by atoms with Crippen molar-refractivity contribution >= 4 is 0 Å². The molecular formula is C20H32O2. The zero-order valence-corrected chi connectivity index (χ0v) is 14.4. The summed E-state index contributed by atoms with van der Waals surface area (Å²) in [5.41, 5.74) is 3.69. The topological polar surface area (TPSA) is 40.5 Å². The lowest BCUT2D eigenvalue weighted by Gasteiger charge is -2.47. The van der Waals surface area contributed by atoms with Crippen molar-refractivity contribution in [3.8, 4) is 0 Å². The van der Waals surface area contributed by atoms with Crippen LogP contribution in [0.1, 0.15) is 65.7 Å². The highest BCUT2D eigenvalue weighted by atomic mass is 16.3. The average Bonchev–Trinajstić information content (AvgIpc) is 2.83. The number of hydrogen-bond donors (Lipinski definition) is 2. The fourth-order valence-corrected chi connectivity index (χ4v) is 5.55. The van der Waals surface area contributed by atoms with Crippen molar-refractivity contribution in [2.45, 2.75) is 77.9 Å². The largest absolute Gasteiger partial charge is 0.389 e. The normalized spacial score (nSPS) is 46.6. The highest BCUT2D eigenvalue weighted by Crippen LogP contribution is 2.59. The van der Waals surface area contributed by atoms with Gasteiger partial charge in [-0.15, -0.1) is 0 Å². The third-order valence-electron chi connectivity index (χ3n) is 7.04. The van der Waals surface area contributed by atoms with Crippen LogP contribution in [0.5, 0.6) is 0 Å². The second-order valence-electron chi connectivity index (χ2n) is 8.42. The molecule has 1 saturated carbocycles. The number of rotatable bonds is 0. The van der Waals surface area contributed by atoms with Gasteiger partial charge in [0, 0.05) is 5.41 Å². The van der Waals surface area contributed by atoms with Crippen molar-refractivity contribution < 1.29 is 10.2 Å². The summed E-state index contributed by atoms with van der Waals surface area (Å²) in [7, 11) is 0. The first-order valence-corrected chi connectivity index (χ1v) is 9.09. The molecule has 6 atom stereocenters. The van der Waals surface area contributed by atoms with Gasteiger partial charge in [-0.05, 0) is 68.8 Å². The summed E-state index contributed by atoms with van der Waals surface area (Å²) in [5, 5.41) is 21.6. The van der Waals surface area contributed by atoms with Crippen molar-refractivity contribution in [1.29, 1.82) is 0 Å². The maximum atomic E-state index is 10.8. The predicted molar refractivity (Wildman–Crippen MR) is 90.4 cm³/mol. The molecule has 0 aromatic rings. The van der Waals surface area contributed by atoms with E-state index in [1.165, 1.54) is 24.0 Å². The van der Waals surface area contributed by atoms with Crippen LogP contribution < -0.4 is 0 Å². The molecule has 0 aromatic heterocycles. The molecule has 3 rings (SSSR count). The fraction of sp³-hybridized carbons (Fsp3) is 0.800. The summed E-state index contributed by atoms with van der Waals surface area (Å²) < 4.78 is 0. The number of allylic oxidation sites excluding steroid dienone is 2. The van der Waals surface area contributed by atoms with Crippen LogP contribution in [0.2, 0.25) is 0 Å². The van der Waals surface area contributed by atoms with Crippen LogP contribution in [0.15, 0.2) is 23.3 Å². The fourth-order valence-electron chi connectivity index (χ4n) is 5.55. The van der Waals surface area contributed by atoms with E-state index in [9.17, 15) is 10.2 Å². The standard InChI is InChI=1S/C20H32O2/c1-12-6-5-7-13(2)15-10-11-20(4)17(15)14(3)16(9-8-12)18(21)19(20)22/h12,15,17-19,21-22H,2,5-11H2,1,3-4H3/t12?,15-,17-,18+,19-,20-/m0/s1. The van der Waals surface area contributed by atoms with Crippen LogP contribution in [-0.2, 0) is 0 Å². The molecule has 1 unspecified atom stereocenters. The van der Waals surface area contributed by atoms with Gasteiger partial charge in [0.25, 0.3) is 0 Å². The van der Waals surface area contributed by atoms with Crippen LogP contribution in [-0.4, -0.2) is 22.4 Å². The molecule has 22 heavy (non-hydrogen) atoms. The molecule has 1 fully saturated rings. The van der Waals surface area contributed by atoms with E-state index in [1.807, 2.05) is 0 Å². The molecular weight excluding hydrogens is 272 g/mol. The Morgan fingerprint density at radius 2 is 1.86 bits per heavy atom. The summed E-state index contributed by atoms with van der Waals surface area (Å²) in [5.74, 6) is 1.56. The molecule has 2 N–H and O–H groups in total. The summed E-state index contributed by atoms with van der Waals surface area (Å²) in [6.45, 7) is 11.1. The van der Waals surface area contributed by atoms with Gasteiger partial charge in [-0.1, -0.05) is 38.0 Å². The van der Waals surface area contributed by atoms with Crippen LogP contribution in [0.4, 0.5) is 0 Å². The summed E-state index contributed by atoms with van der Waals surface area (Å²) in [6.07, 6.45) is 6.51. The SMILES string of the molecule is C=C1CCCC(C)CCC2=C(C)[C@H]3[C@H]1CC[C@]3(C)[C@@H](O)[C@@H]2O. The smallest absolute Gasteiger partial charge is 0.102 e. The second kappa shape index (κ2) is 5.79. The third-order valence-corrected chi connectivity index (χ3v) is 7.04. The first-order valence-electron chi connectivity index (χ1n) is 9.09. The van der Waals surface area contributed by atoms with Crippen molar-refractivity contribution in [1.82, 2.24) is 0 Å². The Balaban J connectivity index is 2.05. The number of aliphatic hydroxyl groups is 2. The van der Waals surface area contributed by atoms with Crippen molar-refractivity contribution in [3.05, 3.63) is 23.3 Å². The molecule has 3 aliphatic rings. The maximum Gasteiger partial charge on any atom is 0.102 e. The molecule has 0 radical (unpaired) electrons. The van der Waals surface area contributed by atoms with E-state index in [1.54, 1.807) is 0 Å².